The van der Waals surface area contributed by atoms with E-state index in [1.54, 1.807) is 43.6 Å². The number of nitrogens with one attached hydrogen (secondary N) is 2. The minimum atomic E-state index is -1.27. The van der Waals surface area contributed by atoms with Gasteiger partial charge in [0.1, 0.15) is 17.9 Å². The molecule has 0 radical (unpaired) electrons. The summed E-state index contributed by atoms with van der Waals surface area (Å²) < 4.78 is 5.72. The van der Waals surface area contributed by atoms with Crippen molar-refractivity contribution < 1.29 is 33.9 Å². The van der Waals surface area contributed by atoms with Crippen LogP contribution in [0.3, 0.4) is 0 Å². The van der Waals surface area contributed by atoms with Crippen molar-refractivity contribution in [3.05, 3.63) is 29.8 Å². The van der Waals surface area contributed by atoms with Crippen LogP contribution in [0.15, 0.2) is 24.3 Å². The van der Waals surface area contributed by atoms with Gasteiger partial charge in [0.05, 0.1) is 17.9 Å². The van der Waals surface area contributed by atoms with Crippen molar-refractivity contribution in [1.82, 2.24) is 25.5 Å². The van der Waals surface area contributed by atoms with Crippen LogP contribution in [0.1, 0.15) is 65.2 Å². The molecule has 3 N–H and O–H groups in total. The summed E-state index contributed by atoms with van der Waals surface area (Å²) in [4.78, 5) is 70.9. The van der Waals surface area contributed by atoms with E-state index in [0.717, 1.165) is 11.4 Å². The highest BCUT2D eigenvalue weighted by atomic mass is 35.5. The largest absolute Gasteiger partial charge is 0.492 e. The van der Waals surface area contributed by atoms with Gasteiger partial charge in [0.15, 0.2) is 5.78 Å². The number of Topliss-reactive ketones (excluding diaryl/α,β-unsaturated/α-hetero) is 1. The van der Waals surface area contributed by atoms with Crippen molar-refractivity contribution in [3.63, 3.8) is 0 Å². The summed E-state index contributed by atoms with van der Waals surface area (Å²) in [6.45, 7) is 13.2. The summed E-state index contributed by atoms with van der Waals surface area (Å²) in [5, 5.41) is 12.5. The lowest BCUT2D eigenvalue weighted by Gasteiger charge is -2.34. The smallest absolute Gasteiger partial charge is 0.327 e. The van der Waals surface area contributed by atoms with E-state index in [9.17, 15) is 29.2 Å². The molecule has 0 bridgehead atoms. The summed E-state index contributed by atoms with van der Waals surface area (Å²) in [6.07, 6.45) is 0.198. The number of hydrogen-bond acceptors (Lipinski definition) is 8. The summed E-state index contributed by atoms with van der Waals surface area (Å²) in [5.41, 5.74) is 0.137. The third-order valence-electron chi connectivity index (χ3n) is 7.86. The first-order chi connectivity index (χ1) is 19.8. The van der Waals surface area contributed by atoms with Gasteiger partial charge in [0, 0.05) is 25.7 Å². The fourth-order valence-electron chi connectivity index (χ4n) is 4.93. The molecule has 2 rings (SSSR count). The van der Waals surface area contributed by atoms with E-state index in [1.165, 1.54) is 11.9 Å². The normalized spacial score (nSPS) is 16.8. The van der Waals surface area contributed by atoms with Gasteiger partial charge in [-0.15, -0.1) is 12.4 Å². The lowest BCUT2D eigenvalue weighted by Crippen LogP contribution is -2.54. The Morgan fingerprint density at radius 2 is 1.59 bits per heavy atom. The third-order valence-corrected chi connectivity index (χ3v) is 7.86. The number of ether oxygens (including phenoxy) is 1. The number of likely N-dealkylation sites (N-methyl/N-ethyl adjacent to an activating group) is 2. The van der Waals surface area contributed by atoms with Gasteiger partial charge in [0.25, 0.3) is 5.91 Å². The summed E-state index contributed by atoms with van der Waals surface area (Å²) in [5.74, 6) is -4.12. The van der Waals surface area contributed by atoms with E-state index in [0.29, 0.717) is 17.9 Å². The van der Waals surface area contributed by atoms with Gasteiger partial charge in [-0.2, -0.15) is 0 Å². The monoisotopic (exact) mass is 639 g/mol. The maximum atomic E-state index is 13.9. The van der Waals surface area contributed by atoms with Crippen molar-refractivity contribution in [2.45, 2.75) is 66.5 Å². The van der Waals surface area contributed by atoms with Gasteiger partial charge in [-0.3, -0.25) is 29.3 Å². The van der Waals surface area contributed by atoms with E-state index < -0.39 is 59.1 Å². The third kappa shape index (κ3) is 9.39. The Bertz CT molecular complexity index is 1180. The van der Waals surface area contributed by atoms with E-state index >= 15 is 0 Å². The van der Waals surface area contributed by atoms with Crippen molar-refractivity contribution in [2.75, 3.05) is 40.8 Å². The SMILES string of the molecule is CC(C)C[C@@H](C(=O)N[C@H](C(=O)c1ccc(OCCN(C)C)cc1)C(C)(C)C)C(CN1C(=O)N(C)C(C)(C)C1=O)C(=O)NO.Cl. The molecular formula is C31H50ClN5O7. The zero-order valence-electron chi connectivity index (χ0n) is 27.6. The second kappa shape index (κ2) is 15.7. The predicted molar refractivity (Wildman–Crippen MR) is 169 cm³/mol. The van der Waals surface area contributed by atoms with Gasteiger partial charge in [0.2, 0.25) is 11.8 Å². The quantitative estimate of drug-likeness (QED) is 0.122. The van der Waals surface area contributed by atoms with Gasteiger partial charge >= 0.3 is 6.03 Å². The maximum absolute atomic E-state index is 13.9. The van der Waals surface area contributed by atoms with E-state index in [2.05, 4.69) is 5.32 Å². The molecule has 1 aromatic rings. The van der Waals surface area contributed by atoms with E-state index in [-0.39, 0.29) is 30.5 Å². The van der Waals surface area contributed by atoms with Gasteiger partial charge in [-0.25, -0.2) is 10.3 Å². The molecule has 0 aliphatic carbocycles. The first-order valence-electron chi connectivity index (χ1n) is 14.6. The predicted octanol–water partition coefficient (Wildman–Crippen LogP) is 3.22. The van der Waals surface area contributed by atoms with E-state index in [4.69, 9.17) is 4.74 Å². The molecule has 1 unspecified atom stereocenters. The first-order valence-corrected chi connectivity index (χ1v) is 14.6. The number of carbonyl (C=O) groups is 5. The standard InChI is InChI=1S/C31H49N5O7.ClH/c1-19(2)17-22(23(27(39)33-42)18-36-28(40)31(6,7)35(10)29(36)41)26(38)32-25(30(3,4)5)24(37)20-11-13-21(14-12-20)43-16-15-34(8)9;/h11-14,19,22-23,25,42H,15-18H2,1-10H3,(H,32,38)(H,33,39);1H/t22-,23?,25-;/m1./s1. The molecule has 1 fully saturated rings. The fraction of sp³-hybridized carbons (Fsp3) is 0.645. The Balaban J connectivity index is 0.00000968. The van der Waals surface area contributed by atoms with Crippen LogP contribution in [0.2, 0.25) is 0 Å². The van der Waals surface area contributed by atoms with Gasteiger partial charge in [-0.05, 0) is 70.0 Å². The van der Waals surface area contributed by atoms with E-state index in [1.807, 2.05) is 53.6 Å². The molecule has 1 heterocycles. The molecule has 1 saturated heterocycles. The Morgan fingerprint density at radius 3 is 2.02 bits per heavy atom. The van der Waals surface area contributed by atoms with Crippen LogP contribution < -0.4 is 15.5 Å². The van der Waals surface area contributed by atoms with Crippen LogP contribution in [-0.4, -0.2) is 102 Å². The van der Waals surface area contributed by atoms with Gasteiger partial charge < -0.3 is 19.9 Å². The Labute approximate surface area is 267 Å². The number of urea groups is 1. The zero-order valence-corrected chi connectivity index (χ0v) is 28.4. The number of amides is 5. The maximum Gasteiger partial charge on any atom is 0.327 e. The number of benzene rings is 1. The molecule has 3 atom stereocenters. The number of rotatable bonds is 14. The Morgan fingerprint density at radius 1 is 1.02 bits per heavy atom. The second-order valence-electron chi connectivity index (χ2n) is 13.5. The molecule has 44 heavy (non-hydrogen) atoms. The van der Waals surface area contributed by atoms with Crippen LogP contribution in [0.5, 0.6) is 5.75 Å². The summed E-state index contributed by atoms with van der Waals surface area (Å²) in [7, 11) is 5.38. The molecule has 13 heteroatoms. The molecule has 0 spiro atoms. The first kappa shape index (κ1) is 38.8. The lowest BCUT2D eigenvalue weighted by atomic mass is 9.79. The second-order valence-corrected chi connectivity index (χ2v) is 13.5. The Hall–Kier alpha value is -3.22. The minimum absolute atomic E-state index is 0. The average Bonchev–Trinajstić information content (AvgIpc) is 3.06. The van der Waals surface area contributed by atoms with Crippen LogP contribution >= 0.6 is 12.4 Å². The zero-order chi connectivity index (χ0) is 32.9. The highest BCUT2D eigenvalue weighted by Crippen LogP contribution is 2.31. The van der Waals surface area contributed by atoms with Crippen LogP contribution in [-0.2, 0) is 14.4 Å². The van der Waals surface area contributed by atoms with Gasteiger partial charge in [-0.1, -0.05) is 34.6 Å². The number of hydroxylamine groups is 1. The minimum Gasteiger partial charge on any atom is -0.492 e. The van der Waals surface area contributed by atoms with Crippen LogP contribution in [0, 0.1) is 23.2 Å². The highest BCUT2D eigenvalue weighted by Gasteiger charge is 2.51. The molecule has 1 aliphatic heterocycles. The number of nitrogens with zero attached hydrogens (tertiary/aromatic N) is 3. The summed E-state index contributed by atoms with van der Waals surface area (Å²) in [6, 6.07) is 5.13. The molecule has 5 amide bonds. The molecule has 248 valence electrons. The molecule has 0 saturated carbocycles. The number of halogens is 1. The molecule has 1 aliphatic rings. The van der Waals surface area contributed by atoms with Crippen molar-refractivity contribution in [3.8, 4) is 5.75 Å². The number of hydrogen-bond donors (Lipinski definition) is 3. The Kier molecular flexibility index (Phi) is 13.8. The number of carbonyl (C=O) groups excluding carboxylic acids is 5. The highest BCUT2D eigenvalue weighted by molar-refractivity contribution is 6.07. The fourth-order valence-corrected chi connectivity index (χ4v) is 4.93. The lowest BCUT2D eigenvalue weighted by molar-refractivity contribution is -0.143. The molecule has 0 aromatic heterocycles. The van der Waals surface area contributed by atoms with Crippen molar-refractivity contribution >= 4 is 41.9 Å². The van der Waals surface area contributed by atoms with Crippen molar-refractivity contribution in [1.29, 1.82) is 0 Å². The van der Waals surface area contributed by atoms with Crippen LogP contribution in [0.25, 0.3) is 0 Å². The summed E-state index contributed by atoms with van der Waals surface area (Å²) >= 11 is 0. The topological polar surface area (TPSA) is 149 Å². The van der Waals surface area contributed by atoms with Crippen LogP contribution in [0.4, 0.5) is 4.79 Å². The molecular weight excluding hydrogens is 590 g/mol. The molecule has 1 aromatic carbocycles. The average molecular weight is 640 g/mol. The number of imide groups is 1. The van der Waals surface area contributed by atoms with Crippen molar-refractivity contribution in [2.24, 2.45) is 23.2 Å². The molecule has 12 nitrogen and oxygen atoms in total. The number of ketones is 1.